The van der Waals surface area contributed by atoms with E-state index in [-0.39, 0.29) is 23.1 Å². The largest absolute Gasteiger partial charge is 0.342 e. The minimum Gasteiger partial charge on any atom is -0.342 e. The van der Waals surface area contributed by atoms with Gasteiger partial charge in [0.2, 0.25) is 11.8 Å². The Hall–Kier alpha value is -1.84. The van der Waals surface area contributed by atoms with Crippen LogP contribution in [0, 0.1) is 18.3 Å². The van der Waals surface area contributed by atoms with E-state index in [0.29, 0.717) is 19.0 Å². The zero-order chi connectivity index (χ0) is 18.8. The Morgan fingerprint density at radius 2 is 1.76 bits per heavy atom. The molecule has 2 rings (SSSR count). The maximum Gasteiger partial charge on any atom is 0.227 e. The molecule has 0 unspecified atom stereocenters. The lowest BCUT2D eigenvalue weighted by Crippen LogP contribution is -2.45. The van der Waals surface area contributed by atoms with Crippen LogP contribution in [0.15, 0.2) is 18.2 Å². The zero-order valence-corrected chi connectivity index (χ0v) is 16.5. The Labute approximate surface area is 152 Å². The van der Waals surface area contributed by atoms with Crippen LogP contribution < -0.4 is 5.32 Å². The maximum absolute atomic E-state index is 12.8. The van der Waals surface area contributed by atoms with Gasteiger partial charge in [0.15, 0.2) is 0 Å². The Kier molecular flexibility index (Phi) is 5.91. The lowest BCUT2D eigenvalue weighted by Gasteiger charge is -2.35. The monoisotopic (exact) mass is 344 g/mol. The normalized spacial score (nSPS) is 16.2. The molecule has 1 heterocycles. The van der Waals surface area contributed by atoms with E-state index in [1.54, 1.807) is 0 Å². The quantitative estimate of drug-likeness (QED) is 0.886. The molecule has 25 heavy (non-hydrogen) atoms. The molecule has 0 radical (unpaired) electrons. The van der Waals surface area contributed by atoms with Crippen LogP contribution in [0.4, 0.5) is 5.69 Å². The van der Waals surface area contributed by atoms with E-state index in [0.717, 1.165) is 24.1 Å². The topological polar surface area (TPSA) is 49.4 Å². The van der Waals surface area contributed by atoms with Crippen molar-refractivity contribution in [2.75, 3.05) is 18.4 Å². The number of nitrogens with zero attached hydrogens (tertiary/aromatic N) is 1. The predicted molar refractivity (Wildman–Crippen MR) is 103 cm³/mol. The van der Waals surface area contributed by atoms with Crippen molar-refractivity contribution in [1.82, 2.24) is 4.90 Å². The fourth-order valence-corrected chi connectivity index (χ4v) is 3.39. The third-order valence-corrected chi connectivity index (χ3v) is 4.97. The van der Waals surface area contributed by atoms with Crippen LogP contribution in [0.2, 0.25) is 0 Å². The Morgan fingerprint density at radius 1 is 1.16 bits per heavy atom. The van der Waals surface area contributed by atoms with Gasteiger partial charge in [-0.15, -0.1) is 0 Å². The molecule has 1 saturated heterocycles. The molecule has 0 aliphatic carbocycles. The molecule has 2 amide bonds. The number of aryl methyl sites for hydroxylation is 1. The Bertz CT molecular complexity index is 636. The van der Waals surface area contributed by atoms with Gasteiger partial charge in [0.25, 0.3) is 0 Å². The van der Waals surface area contributed by atoms with Crippen molar-refractivity contribution in [3.63, 3.8) is 0 Å². The molecule has 1 fully saturated rings. The lowest BCUT2D eigenvalue weighted by atomic mass is 9.90. The van der Waals surface area contributed by atoms with E-state index in [2.05, 4.69) is 25.2 Å². The first-order chi connectivity index (χ1) is 11.6. The number of benzene rings is 1. The van der Waals surface area contributed by atoms with E-state index in [4.69, 9.17) is 0 Å². The summed E-state index contributed by atoms with van der Waals surface area (Å²) >= 11 is 0. The zero-order valence-electron chi connectivity index (χ0n) is 16.5. The summed E-state index contributed by atoms with van der Waals surface area (Å²) in [7, 11) is 0. The van der Waals surface area contributed by atoms with Gasteiger partial charge in [0, 0.05) is 30.1 Å². The van der Waals surface area contributed by atoms with Crippen LogP contribution in [-0.2, 0) is 9.59 Å². The van der Waals surface area contributed by atoms with Crippen molar-refractivity contribution in [2.24, 2.45) is 11.3 Å². The van der Waals surface area contributed by atoms with E-state index >= 15 is 0 Å². The van der Waals surface area contributed by atoms with Crippen LogP contribution >= 0.6 is 0 Å². The average Bonchev–Trinajstić information content (AvgIpc) is 2.55. The molecule has 0 aromatic heterocycles. The summed E-state index contributed by atoms with van der Waals surface area (Å²) in [5.41, 5.74) is 2.87. The van der Waals surface area contributed by atoms with Gasteiger partial charge in [-0.1, -0.05) is 52.8 Å². The SMILES string of the molecule is Cc1cccc(C(C)C)c1NC(=O)C1CCN(C(=O)C(C)(C)C)CC1. The molecule has 0 spiro atoms. The number of hydrogen-bond acceptors (Lipinski definition) is 2. The molecular formula is C21H32N2O2. The highest BCUT2D eigenvalue weighted by atomic mass is 16.2. The number of rotatable bonds is 3. The van der Waals surface area contributed by atoms with Crippen molar-refractivity contribution in [3.05, 3.63) is 29.3 Å². The first-order valence-corrected chi connectivity index (χ1v) is 9.31. The van der Waals surface area contributed by atoms with Gasteiger partial charge in [-0.3, -0.25) is 9.59 Å². The summed E-state index contributed by atoms with van der Waals surface area (Å²) in [6, 6.07) is 6.15. The number of piperidine rings is 1. The molecule has 1 aliphatic rings. The predicted octanol–water partition coefficient (Wildman–Crippen LogP) is 4.34. The van der Waals surface area contributed by atoms with E-state index in [9.17, 15) is 9.59 Å². The van der Waals surface area contributed by atoms with Gasteiger partial charge >= 0.3 is 0 Å². The minimum atomic E-state index is -0.359. The standard InChI is InChI=1S/C21H32N2O2/c1-14(2)17-9-7-8-15(3)18(17)22-19(24)16-10-12-23(13-11-16)20(25)21(4,5)6/h7-9,14,16H,10-13H2,1-6H3,(H,22,24). The van der Waals surface area contributed by atoms with Crippen LogP contribution in [0.1, 0.15) is 64.5 Å². The van der Waals surface area contributed by atoms with Gasteiger partial charge in [0.05, 0.1) is 0 Å². The number of para-hydroxylation sites is 1. The molecule has 4 heteroatoms. The first kappa shape index (κ1) is 19.5. The second-order valence-electron chi connectivity index (χ2n) is 8.50. The molecule has 1 aromatic rings. The van der Waals surface area contributed by atoms with Crippen molar-refractivity contribution in [2.45, 2.75) is 60.3 Å². The molecule has 4 nitrogen and oxygen atoms in total. The summed E-state index contributed by atoms with van der Waals surface area (Å²) in [4.78, 5) is 27.0. The van der Waals surface area contributed by atoms with Crippen molar-refractivity contribution >= 4 is 17.5 Å². The van der Waals surface area contributed by atoms with Crippen LogP contribution in [0.25, 0.3) is 0 Å². The number of carbonyl (C=O) groups is 2. The first-order valence-electron chi connectivity index (χ1n) is 9.31. The molecule has 0 bridgehead atoms. The maximum atomic E-state index is 12.8. The summed E-state index contributed by atoms with van der Waals surface area (Å²) in [6.45, 7) is 13.5. The second-order valence-corrected chi connectivity index (χ2v) is 8.50. The number of hydrogen-bond donors (Lipinski definition) is 1. The molecule has 0 saturated carbocycles. The summed E-state index contributed by atoms with van der Waals surface area (Å²) in [5.74, 6) is 0.594. The van der Waals surface area contributed by atoms with Gasteiger partial charge in [-0.25, -0.2) is 0 Å². The Balaban J connectivity index is 2.02. The summed E-state index contributed by atoms with van der Waals surface area (Å²) in [5, 5.41) is 3.16. The number of likely N-dealkylation sites (tertiary alicyclic amines) is 1. The van der Waals surface area contributed by atoms with Crippen LogP contribution in [0.5, 0.6) is 0 Å². The average molecular weight is 344 g/mol. The molecular weight excluding hydrogens is 312 g/mol. The van der Waals surface area contributed by atoms with Crippen molar-refractivity contribution in [1.29, 1.82) is 0 Å². The number of anilines is 1. The summed E-state index contributed by atoms with van der Waals surface area (Å²) < 4.78 is 0. The highest BCUT2D eigenvalue weighted by Gasteiger charge is 2.32. The van der Waals surface area contributed by atoms with Crippen molar-refractivity contribution in [3.8, 4) is 0 Å². The summed E-state index contributed by atoms with van der Waals surface area (Å²) in [6.07, 6.45) is 1.47. The fraction of sp³-hybridized carbons (Fsp3) is 0.619. The number of carbonyl (C=O) groups excluding carboxylic acids is 2. The van der Waals surface area contributed by atoms with Gasteiger partial charge < -0.3 is 10.2 Å². The molecule has 1 aliphatic heterocycles. The molecule has 0 atom stereocenters. The Morgan fingerprint density at radius 3 is 2.28 bits per heavy atom. The molecule has 1 aromatic carbocycles. The third-order valence-electron chi connectivity index (χ3n) is 4.97. The van der Waals surface area contributed by atoms with Gasteiger partial charge in [-0.2, -0.15) is 0 Å². The fourth-order valence-electron chi connectivity index (χ4n) is 3.39. The highest BCUT2D eigenvalue weighted by molar-refractivity contribution is 5.94. The van der Waals surface area contributed by atoms with E-state index in [1.165, 1.54) is 5.56 Å². The van der Waals surface area contributed by atoms with Crippen LogP contribution in [-0.4, -0.2) is 29.8 Å². The van der Waals surface area contributed by atoms with Gasteiger partial charge in [-0.05, 0) is 36.8 Å². The van der Waals surface area contributed by atoms with E-state index < -0.39 is 0 Å². The van der Waals surface area contributed by atoms with E-state index in [1.807, 2.05) is 44.7 Å². The minimum absolute atomic E-state index is 0.0244. The van der Waals surface area contributed by atoms with Crippen LogP contribution in [0.3, 0.4) is 0 Å². The lowest BCUT2D eigenvalue weighted by molar-refractivity contribution is -0.142. The van der Waals surface area contributed by atoms with Gasteiger partial charge in [0.1, 0.15) is 0 Å². The highest BCUT2D eigenvalue weighted by Crippen LogP contribution is 2.29. The third kappa shape index (κ3) is 4.62. The number of nitrogens with one attached hydrogen (secondary N) is 1. The smallest absolute Gasteiger partial charge is 0.227 e. The number of amides is 2. The molecule has 138 valence electrons. The second kappa shape index (κ2) is 7.59. The van der Waals surface area contributed by atoms with Crippen molar-refractivity contribution < 1.29 is 9.59 Å². The molecule has 1 N–H and O–H groups in total.